The third-order valence-corrected chi connectivity index (χ3v) is 0. The summed E-state index contributed by atoms with van der Waals surface area (Å²) in [4.78, 5) is 21.6. The molecule has 0 rings (SSSR count). The molecule has 0 aliphatic rings. The van der Waals surface area contributed by atoms with Gasteiger partial charge in [-0.05, 0) is 0 Å². The molecule has 0 spiro atoms. The van der Waals surface area contributed by atoms with E-state index in [4.69, 9.17) is 19.2 Å². The van der Waals surface area contributed by atoms with Crippen molar-refractivity contribution in [1.82, 2.24) is 0 Å². The van der Waals surface area contributed by atoms with E-state index >= 15 is 0 Å². The van der Waals surface area contributed by atoms with Crippen LogP contribution < -0.4 is 0 Å². The van der Waals surface area contributed by atoms with Gasteiger partial charge in [-0.25, -0.2) is 4.57 Å². The first kappa shape index (κ1) is 16.1. The van der Waals surface area contributed by atoms with Crippen LogP contribution in [-0.2, 0) is 4.57 Å². The molecule has 3 N–H and O–H groups in total. The Labute approximate surface area is 90.7 Å². The molecule has 0 aromatic heterocycles. The van der Waals surface area contributed by atoms with E-state index in [1.807, 2.05) is 0 Å². The summed E-state index contributed by atoms with van der Waals surface area (Å²) in [6, 6.07) is 0. The van der Waals surface area contributed by atoms with Crippen molar-refractivity contribution in [2.75, 3.05) is 0 Å². The molecule has 0 fully saturated rings. The van der Waals surface area contributed by atoms with Gasteiger partial charge in [-0.3, -0.25) is 0 Å². The topological polar surface area (TPSA) is 77.8 Å². The summed E-state index contributed by atoms with van der Waals surface area (Å²) in [6.45, 7) is 0. The molecule has 0 saturated carbocycles. The van der Waals surface area contributed by atoms with Crippen LogP contribution in [0.25, 0.3) is 0 Å². The van der Waals surface area contributed by atoms with Crippen molar-refractivity contribution in [3.05, 3.63) is 0 Å². The average Bonchev–Trinajstić information content (AvgIpc) is 0.722. The fourth-order valence-corrected chi connectivity index (χ4v) is 0. The third-order valence-electron chi connectivity index (χ3n) is 0. The summed E-state index contributed by atoms with van der Waals surface area (Å²) >= 11 is 0. The van der Waals surface area contributed by atoms with Crippen LogP contribution in [0.1, 0.15) is 0 Å². The molecule has 7 heteroatoms. The van der Waals surface area contributed by atoms with Gasteiger partial charge in [-0.15, -0.1) is 0 Å². The Balaban J connectivity index is -0.0000000800. The zero-order valence-corrected chi connectivity index (χ0v) is 9.30. The zero-order chi connectivity index (χ0) is 4.50. The number of hydrogen-bond acceptors (Lipinski definition) is 1. The van der Waals surface area contributed by atoms with Gasteiger partial charge < -0.3 is 14.7 Å². The van der Waals surface area contributed by atoms with E-state index in [2.05, 4.69) is 0 Å². The fourth-order valence-electron chi connectivity index (χ4n) is 0. The van der Waals surface area contributed by atoms with Crippen LogP contribution >= 0.6 is 7.82 Å². The van der Waals surface area contributed by atoms with E-state index < -0.39 is 7.82 Å². The van der Waals surface area contributed by atoms with Crippen LogP contribution in [0.15, 0.2) is 0 Å². The first-order valence-corrected chi connectivity index (χ1v) is 2.35. The van der Waals surface area contributed by atoms with Gasteiger partial charge in [0, 0.05) is 0 Å². The first-order chi connectivity index (χ1) is 2.00. The number of phosphoric acid groups is 1. The van der Waals surface area contributed by atoms with Gasteiger partial charge in [-0.1, -0.05) is 0 Å². The molecule has 7 heavy (non-hydrogen) atoms. The molecule has 0 saturated heterocycles. The molecule has 0 unspecified atom stereocenters. The van der Waals surface area contributed by atoms with Crippen molar-refractivity contribution in [2.24, 2.45) is 0 Å². The van der Waals surface area contributed by atoms with Crippen LogP contribution in [0.5, 0.6) is 0 Å². The second-order valence-corrected chi connectivity index (χ2v) is 1.54. The Bertz CT molecular complexity index is 57.8. The van der Waals surface area contributed by atoms with Crippen LogP contribution in [0, 0.1) is 0 Å². The number of hydrogen-bond donors (Lipinski definition) is 3. The van der Waals surface area contributed by atoms with Crippen molar-refractivity contribution in [3.8, 4) is 0 Å². The third kappa shape index (κ3) is 62.5. The molecule has 0 atom stereocenters. The molecular weight excluding hydrogens is 342 g/mol. The predicted molar refractivity (Wildman–Crippen MR) is 31.4 cm³/mol. The van der Waals surface area contributed by atoms with Crippen LogP contribution in [0.4, 0.5) is 0 Å². The van der Waals surface area contributed by atoms with Gasteiger partial charge in [-0.2, -0.15) is 0 Å². The Morgan fingerprint density at radius 3 is 1.14 bits per heavy atom. The van der Waals surface area contributed by atoms with Crippen LogP contribution in [0.2, 0.25) is 0 Å². The van der Waals surface area contributed by atoms with E-state index in [-0.39, 0.29) is 65.0 Å². The Hall–Kier alpha value is 2.29. The van der Waals surface area contributed by atoms with Crippen molar-refractivity contribution in [1.29, 1.82) is 0 Å². The summed E-state index contributed by atoms with van der Waals surface area (Å²) in [5, 5.41) is 0. The van der Waals surface area contributed by atoms with E-state index in [1.54, 1.807) is 0 Å². The monoisotopic (exact) mass is 350 g/mol. The van der Waals surface area contributed by atoms with E-state index in [0.29, 0.717) is 0 Å². The van der Waals surface area contributed by atoms with Gasteiger partial charge in [0.1, 0.15) is 0 Å². The van der Waals surface area contributed by atoms with Gasteiger partial charge in [0.15, 0.2) is 0 Å². The Morgan fingerprint density at radius 1 is 1.14 bits per heavy atom. The summed E-state index contributed by atoms with van der Waals surface area (Å²) in [5.74, 6) is 0. The summed E-state index contributed by atoms with van der Waals surface area (Å²) in [7, 11) is -4.64. The summed E-state index contributed by atoms with van der Waals surface area (Å²) < 4.78 is 8.88. The van der Waals surface area contributed by atoms with Gasteiger partial charge in [0.2, 0.25) is 0 Å². The molecule has 0 heterocycles. The summed E-state index contributed by atoms with van der Waals surface area (Å²) in [5.41, 5.74) is 0. The minimum atomic E-state index is -4.64. The molecule has 42 valence electrons. The second kappa shape index (κ2) is 6.41. The molecule has 0 aromatic rings. The maximum atomic E-state index is 8.88. The van der Waals surface area contributed by atoms with Gasteiger partial charge in [0.25, 0.3) is 0 Å². The number of rotatable bonds is 0. The van der Waals surface area contributed by atoms with Crippen LogP contribution in [0.3, 0.4) is 0 Å². The van der Waals surface area contributed by atoms with Crippen molar-refractivity contribution >= 4 is 72.9 Å². The molecule has 4 nitrogen and oxygen atoms in total. The van der Waals surface area contributed by atoms with Gasteiger partial charge in [0.05, 0.1) is 0 Å². The summed E-state index contributed by atoms with van der Waals surface area (Å²) in [6.07, 6.45) is 0. The Morgan fingerprint density at radius 2 is 1.14 bits per heavy atom. The fraction of sp³-hybridized carbons (Fsp3) is 0. The van der Waals surface area contributed by atoms with Gasteiger partial charge >= 0.3 is 72.9 Å². The van der Waals surface area contributed by atoms with E-state index in [9.17, 15) is 0 Å². The maximum absolute atomic E-state index is 8.88. The SMILES string of the molecule is O=P(O)(O)O.[CaH2].[PbH2]. The van der Waals surface area contributed by atoms with Crippen LogP contribution in [-0.4, -0.2) is 79.7 Å². The van der Waals surface area contributed by atoms with Crippen molar-refractivity contribution in [2.45, 2.75) is 0 Å². The second-order valence-electron chi connectivity index (χ2n) is 0.513. The molecule has 0 amide bonds. The molecular formula is H7CaO4PPb. The van der Waals surface area contributed by atoms with E-state index in [1.165, 1.54) is 0 Å². The standard InChI is InChI=1S/Ca.H3O4P.Pb.4H/c;1-5(2,3)4;;;;;/h;(H3,1,2,3,4);;;;;. The molecule has 0 aliphatic carbocycles. The predicted octanol–water partition coefficient (Wildman–Crippen LogP) is -2.76. The molecule has 2 radical (unpaired) electrons. The van der Waals surface area contributed by atoms with Crippen molar-refractivity contribution < 1.29 is 19.2 Å². The normalized spacial score (nSPS) is 8.43. The Kier molecular flexibility index (Phi) is 14.8. The molecule has 0 aromatic carbocycles. The average molecular weight is 349 g/mol. The quantitative estimate of drug-likeness (QED) is 0.327. The molecule has 0 bridgehead atoms. The zero-order valence-electron chi connectivity index (χ0n) is 2.90. The van der Waals surface area contributed by atoms with Crippen molar-refractivity contribution in [3.63, 3.8) is 0 Å². The van der Waals surface area contributed by atoms with E-state index in [0.717, 1.165) is 0 Å². The first-order valence-electron chi connectivity index (χ1n) is 0.783. The molecule has 0 aliphatic heterocycles. The minimum absolute atomic E-state index is 0.